The fraction of sp³-hybridized carbons (Fsp3) is 1.00. The van der Waals surface area contributed by atoms with Crippen LogP contribution in [0.1, 0.15) is 140 Å². The standard InChI is InChI=1S/C28H61O3P/c1-11-13-15-17-18-20-22-32(29,30,31)28(25(7)8,26(9)10)27(23(3)4,24(5)6)21-19-16-14-12-2/h23-26,29-31H,11-22H2,1-10H3. The Bertz CT molecular complexity index is 487. The molecule has 0 saturated heterocycles. The van der Waals surface area contributed by atoms with Gasteiger partial charge in [-0.2, -0.15) is 0 Å². The van der Waals surface area contributed by atoms with Crippen LogP contribution in [-0.2, 0) is 0 Å². The van der Waals surface area contributed by atoms with Crippen LogP contribution in [0.15, 0.2) is 0 Å². The van der Waals surface area contributed by atoms with E-state index in [4.69, 9.17) is 0 Å². The van der Waals surface area contributed by atoms with Gasteiger partial charge in [-0.15, -0.1) is 0 Å². The third-order valence-corrected chi connectivity index (χ3v) is 12.8. The van der Waals surface area contributed by atoms with Gasteiger partial charge in [-0.3, -0.25) is 0 Å². The Kier molecular flexibility index (Phi) is 13.5. The Hall–Kier alpha value is 0.310. The number of hydrogen-bond acceptors (Lipinski definition) is 3. The molecule has 0 unspecified atom stereocenters. The monoisotopic (exact) mass is 476 g/mol. The van der Waals surface area contributed by atoms with Crippen molar-refractivity contribution in [2.24, 2.45) is 29.1 Å². The molecule has 0 amide bonds. The number of unbranched alkanes of at least 4 members (excludes halogenated alkanes) is 8. The van der Waals surface area contributed by atoms with Crippen molar-refractivity contribution in [1.29, 1.82) is 0 Å². The van der Waals surface area contributed by atoms with Crippen molar-refractivity contribution in [1.82, 2.24) is 0 Å². The van der Waals surface area contributed by atoms with Gasteiger partial charge < -0.3 is 0 Å². The summed E-state index contributed by atoms with van der Waals surface area (Å²) in [4.78, 5) is 36.3. The third-order valence-electron chi connectivity index (χ3n) is 8.69. The molecule has 0 aromatic heterocycles. The average Bonchev–Trinajstić information content (AvgIpc) is 2.65. The van der Waals surface area contributed by atoms with Crippen molar-refractivity contribution >= 4 is 7.28 Å². The predicted molar refractivity (Wildman–Crippen MR) is 145 cm³/mol. The van der Waals surface area contributed by atoms with Gasteiger partial charge in [0.05, 0.1) is 0 Å². The number of hydrogen-bond donors (Lipinski definition) is 3. The van der Waals surface area contributed by atoms with Gasteiger partial charge in [0.1, 0.15) is 0 Å². The topological polar surface area (TPSA) is 60.7 Å². The molecule has 3 nitrogen and oxygen atoms in total. The van der Waals surface area contributed by atoms with Crippen molar-refractivity contribution in [3.8, 4) is 0 Å². The van der Waals surface area contributed by atoms with Gasteiger partial charge in [0, 0.05) is 0 Å². The summed E-state index contributed by atoms with van der Waals surface area (Å²) >= 11 is 0. The molecule has 0 fully saturated rings. The Labute approximate surface area is 202 Å². The summed E-state index contributed by atoms with van der Waals surface area (Å²) in [6.45, 7) is 21.9. The van der Waals surface area contributed by atoms with E-state index in [0.29, 0.717) is 6.42 Å². The van der Waals surface area contributed by atoms with E-state index in [-0.39, 0.29) is 35.2 Å². The second kappa shape index (κ2) is 13.4. The summed E-state index contributed by atoms with van der Waals surface area (Å²) < 4.78 is 0. The summed E-state index contributed by atoms with van der Waals surface area (Å²) in [5, 5.41) is -0.920. The van der Waals surface area contributed by atoms with Crippen molar-refractivity contribution in [3.05, 3.63) is 0 Å². The summed E-state index contributed by atoms with van der Waals surface area (Å²) in [7, 11) is -5.01. The summed E-state index contributed by atoms with van der Waals surface area (Å²) in [5.41, 5.74) is -0.346. The van der Waals surface area contributed by atoms with E-state index in [1.807, 2.05) is 0 Å². The zero-order chi connectivity index (χ0) is 25.2. The first-order valence-electron chi connectivity index (χ1n) is 13.9. The molecule has 0 aliphatic rings. The average molecular weight is 477 g/mol. The van der Waals surface area contributed by atoms with Gasteiger partial charge in [0.2, 0.25) is 0 Å². The zero-order valence-electron chi connectivity index (χ0n) is 23.6. The fourth-order valence-corrected chi connectivity index (χ4v) is 12.6. The van der Waals surface area contributed by atoms with E-state index < -0.39 is 12.4 Å². The first-order valence-corrected chi connectivity index (χ1v) is 16.2. The normalized spacial score (nSPS) is 15.2. The minimum atomic E-state index is -5.01. The molecule has 0 spiro atoms. The van der Waals surface area contributed by atoms with Gasteiger partial charge in [0.15, 0.2) is 0 Å². The van der Waals surface area contributed by atoms with Gasteiger partial charge in [0.25, 0.3) is 0 Å². The second-order valence-corrected chi connectivity index (χ2v) is 15.4. The van der Waals surface area contributed by atoms with Crippen LogP contribution in [0, 0.1) is 29.1 Å². The van der Waals surface area contributed by atoms with Gasteiger partial charge in [-0.05, 0) is 0 Å². The van der Waals surface area contributed by atoms with Crippen LogP contribution in [0.5, 0.6) is 0 Å². The van der Waals surface area contributed by atoms with Gasteiger partial charge >= 0.3 is 202 Å². The first kappa shape index (κ1) is 32.3. The molecule has 0 aromatic carbocycles. The van der Waals surface area contributed by atoms with Crippen LogP contribution in [0.2, 0.25) is 0 Å². The van der Waals surface area contributed by atoms with E-state index in [1.54, 1.807) is 0 Å². The van der Waals surface area contributed by atoms with Crippen molar-refractivity contribution in [2.75, 3.05) is 6.16 Å². The van der Waals surface area contributed by atoms with Crippen LogP contribution in [0.4, 0.5) is 0 Å². The maximum absolute atomic E-state index is 12.1. The predicted octanol–water partition coefficient (Wildman–Crippen LogP) is 8.94. The van der Waals surface area contributed by atoms with Gasteiger partial charge in [-0.1, -0.05) is 0 Å². The molecule has 0 bridgehead atoms. The molecule has 0 heterocycles. The fourth-order valence-electron chi connectivity index (χ4n) is 7.81. The summed E-state index contributed by atoms with van der Waals surface area (Å²) in [5.74, 6) is 0.422. The van der Waals surface area contributed by atoms with Crippen LogP contribution >= 0.6 is 7.28 Å². The molecule has 0 aliphatic carbocycles. The molecule has 4 heteroatoms. The first-order chi connectivity index (χ1) is 14.7. The van der Waals surface area contributed by atoms with Crippen LogP contribution in [0.25, 0.3) is 0 Å². The van der Waals surface area contributed by atoms with Gasteiger partial charge in [-0.25, -0.2) is 0 Å². The number of rotatable bonds is 18. The quantitative estimate of drug-likeness (QED) is 0.137. The van der Waals surface area contributed by atoms with E-state index in [1.165, 1.54) is 38.5 Å². The van der Waals surface area contributed by atoms with Crippen LogP contribution in [-0.4, -0.2) is 26.0 Å². The molecule has 0 saturated carbocycles. The molecule has 0 aliphatic heterocycles. The molecule has 0 atom stereocenters. The maximum atomic E-state index is 12.1. The molecule has 0 rings (SSSR count). The summed E-state index contributed by atoms with van der Waals surface area (Å²) in [6.07, 6.45) is 12.1. The Morgan fingerprint density at radius 1 is 0.531 bits per heavy atom. The Balaban J connectivity index is 6.48. The van der Waals surface area contributed by atoms with E-state index >= 15 is 0 Å². The van der Waals surface area contributed by atoms with E-state index in [2.05, 4.69) is 69.2 Å². The van der Waals surface area contributed by atoms with Crippen molar-refractivity contribution in [2.45, 2.75) is 145 Å². The molecule has 0 radical (unpaired) electrons. The Morgan fingerprint density at radius 3 is 1.28 bits per heavy atom. The summed E-state index contributed by atoms with van der Waals surface area (Å²) in [6, 6.07) is 0. The minimum absolute atomic E-state index is 0.0313. The SMILES string of the molecule is CCCCCCCCP(O)(O)(O)C(C(C)C)(C(C)C)C(CCCCCC)(C(C)C)C(C)C. The second-order valence-electron chi connectivity index (χ2n) is 11.9. The molecule has 196 valence electrons. The van der Waals surface area contributed by atoms with E-state index in [9.17, 15) is 14.7 Å². The molecule has 3 N–H and O–H groups in total. The van der Waals surface area contributed by atoms with Crippen LogP contribution < -0.4 is 0 Å². The third kappa shape index (κ3) is 6.71. The molecule has 32 heavy (non-hydrogen) atoms. The zero-order valence-corrected chi connectivity index (χ0v) is 24.5. The molecular weight excluding hydrogens is 415 g/mol. The van der Waals surface area contributed by atoms with E-state index in [0.717, 1.165) is 25.7 Å². The van der Waals surface area contributed by atoms with Crippen molar-refractivity contribution in [3.63, 3.8) is 0 Å². The van der Waals surface area contributed by atoms with Crippen molar-refractivity contribution < 1.29 is 14.7 Å². The molecule has 0 aromatic rings. The molecular formula is C28H61O3P. The van der Waals surface area contributed by atoms with Crippen LogP contribution in [0.3, 0.4) is 0 Å². The Morgan fingerprint density at radius 2 is 0.906 bits per heavy atom.